The molecule has 0 saturated carbocycles. The van der Waals surface area contributed by atoms with Crippen LogP contribution in [0.5, 0.6) is 0 Å². The van der Waals surface area contributed by atoms with Crippen LogP contribution in [-0.4, -0.2) is 62.2 Å². The molecule has 0 aromatic heterocycles. The maximum Gasteiger partial charge on any atom is 0.237 e. The van der Waals surface area contributed by atoms with Crippen molar-refractivity contribution in [1.82, 2.24) is 15.5 Å². The summed E-state index contributed by atoms with van der Waals surface area (Å²) in [5.41, 5.74) is 1.04. The number of piperidine rings is 1. The molecule has 2 N–H and O–H groups in total. The second kappa shape index (κ2) is 8.15. The summed E-state index contributed by atoms with van der Waals surface area (Å²) in [6, 6.07) is 6.74. The van der Waals surface area contributed by atoms with Gasteiger partial charge in [0.1, 0.15) is 5.82 Å². The maximum absolute atomic E-state index is 13.1. The Kier molecular flexibility index (Phi) is 5.91. The first-order chi connectivity index (χ1) is 12.0. The fourth-order valence-electron chi connectivity index (χ4n) is 3.67. The number of carbonyl (C=O) groups excluding carboxylic acids is 1. The molecule has 0 spiro atoms. The zero-order valence-corrected chi connectivity index (χ0v) is 15.2. The average Bonchev–Trinajstić information content (AvgIpc) is 2.64. The minimum Gasteiger partial charge on any atom is -0.369 e. The van der Waals surface area contributed by atoms with Gasteiger partial charge < -0.3 is 15.5 Å². The quantitative estimate of drug-likeness (QED) is 0.865. The van der Waals surface area contributed by atoms with Gasteiger partial charge in [-0.2, -0.15) is 0 Å². The molecule has 1 aromatic rings. The van der Waals surface area contributed by atoms with Crippen LogP contribution in [0.1, 0.15) is 20.3 Å². The number of anilines is 1. The van der Waals surface area contributed by atoms with Crippen molar-refractivity contribution in [3.63, 3.8) is 0 Å². The number of hydrogen-bond donors (Lipinski definition) is 2. The molecule has 1 aromatic carbocycles. The number of benzene rings is 1. The van der Waals surface area contributed by atoms with Crippen LogP contribution in [0.2, 0.25) is 0 Å². The van der Waals surface area contributed by atoms with Crippen LogP contribution >= 0.6 is 0 Å². The number of carbonyl (C=O) groups is 1. The highest BCUT2D eigenvalue weighted by molar-refractivity contribution is 5.81. The third-order valence-corrected chi connectivity index (χ3v) is 5.59. The SMILES string of the molecule is CC1CCNCC1NC(=O)C(C)N1CCN(c2ccc(F)cc2)CC1. The summed E-state index contributed by atoms with van der Waals surface area (Å²) >= 11 is 0. The van der Waals surface area contributed by atoms with E-state index in [2.05, 4.69) is 27.4 Å². The highest BCUT2D eigenvalue weighted by atomic mass is 19.1. The van der Waals surface area contributed by atoms with Gasteiger partial charge in [-0.3, -0.25) is 9.69 Å². The van der Waals surface area contributed by atoms with Gasteiger partial charge in [-0.1, -0.05) is 6.92 Å². The molecule has 6 heteroatoms. The first-order valence-electron chi connectivity index (χ1n) is 9.30. The summed E-state index contributed by atoms with van der Waals surface area (Å²) in [6.45, 7) is 9.47. The molecule has 2 saturated heterocycles. The second-order valence-electron chi connectivity index (χ2n) is 7.26. The van der Waals surface area contributed by atoms with Crippen molar-refractivity contribution < 1.29 is 9.18 Å². The third kappa shape index (κ3) is 4.50. The molecule has 0 bridgehead atoms. The summed E-state index contributed by atoms with van der Waals surface area (Å²) in [5.74, 6) is 0.433. The van der Waals surface area contributed by atoms with Crippen molar-refractivity contribution in [2.45, 2.75) is 32.4 Å². The topological polar surface area (TPSA) is 47.6 Å². The number of amides is 1. The van der Waals surface area contributed by atoms with E-state index in [0.717, 1.165) is 51.4 Å². The smallest absolute Gasteiger partial charge is 0.237 e. The van der Waals surface area contributed by atoms with Crippen LogP contribution in [0.25, 0.3) is 0 Å². The molecule has 2 aliphatic heterocycles. The summed E-state index contributed by atoms with van der Waals surface area (Å²) in [4.78, 5) is 17.1. The summed E-state index contributed by atoms with van der Waals surface area (Å²) in [6.07, 6.45) is 1.11. The Morgan fingerprint density at radius 1 is 1.24 bits per heavy atom. The molecule has 2 aliphatic rings. The minimum absolute atomic E-state index is 0.121. The van der Waals surface area contributed by atoms with Gasteiger partial charge in [-0.05, 0) is 50.1 Å². The molecular formula is C19H29FN4O. The van der Waals surface area contributed by atoms with E-state index in [0.29, 0.717) is 5.92 Å². The van der Waals surface area contributed by atoms with Gasteiger partial charge in [-0.25, -0.2) is 4.39 Å². The molecule has 1 amide bonds. The monoisotopic (exact) mass is 348 g/mol. The van der Waals surface area contributed by atoms with E-state index in [1.54, 1.807) is 0 Å². The van der Waals surface area contributed by atoms with E-state index in [1.807, 2.05) is 19.1 Å². The lowest BCUT2D eigenvalue weighted by molar-refractivity contribution is -0.127. The number of nitrogens with one attached hydrogen (secondary N) is 2. The lowest BCUT2D eigenvalue weighted by Crippen LogP contribution is -2.57. The Balaban J connectivity index is 1.49. The van der Waals surface area contributed by atoms with Gasteiger partial charge in [0.05, 0.1) is 6.04 Å². The molecule has 138 valence electrons. The molecule has 0 aliphatic carbocycles. The second-order valence-corrected chi connectivity index (χ2v) is 7.26. The third-order valence-electron chi connectivity index (χ3n) is 5.59. The van der Waals surface area contributed by atoms with Gasteiger partial charge >= 0.3 is 0 Å². The van der Waals surface area contributed by atoms with E-state index < -0.39 is 0 Å². The highest BCUT2D eigenvalue weighted by Crippen LogP contribution is 2.18. The molecule has 3 unspecified atom stereocenters. The molecule has 0 radical (unpaired) electrons. The number of nitrogens with zero attached hydrogens (tertiary/aromatic N) is 2. The predicted molar refractivity (Wildman–Crippen MR) is 98.2 cm³/mol. The van der Waals surface area contributed by atoms with Gasteiger partial charge in [-0.15, -0.1) is 0 Å². The number of halogens is 1. The molecular weight excluding hydrogens is 319 g/mol. The number of hydrogen-bond acceptors (Lipinski definition) is 4. The first kappa shape index (κ1) is 18.1. The highest BCUT2D eigenvalue weighted by Gasteiger charge is 2.29. The van der Waals surface area contributed by atoms with Crippen molar-refractivity contribution in [2.75, 3.05) is 44.2 Å². The number of piperazine rings is 1. The summed E-state index contributed by atoms with van der Waals surface area (Å²) < 4.78 is 13.1. The van der Waals surface area contributed by atoms with E-state index in [4.69, 9.17) is 0 Å². The zero-order valence-electron chi connectivity index (χ0n) is 15.2. The van der Waals surface area contributed by atoms with Crippen LogP contribution in [0.3, 0.4) is 0 Å². The van der Waals surface area contributed by atoms with Crippen LogP contribution in [0.4, 0.5) is 10.1 Å². The Hall–Kier alpha value is -1.66. The molecule has 2 fully saturated rings. The minimum atomic E-state index is -0.209. The van der Waals surface area contributed by atoms with Crippen LogP contribution in [-0.2, 0) is 4.79 Å². The zero-order chi connectivity index (χ0) is 17.8. The predicted octanol–water partition coefficient (Wildman–Crippen LogP) is 1.45. The van der Waals surface area contributed by atoms with Gasteiger partial charge in [0, 0.05) is 44.5 Å². The van der Waals surface area contributed by atoms with E-state index in [1.165, 1.54) is 12.1 Å². The number of rotatable bonds is 4. The fraction of sp³-hybridized carbons (Fsp3) is 0.632. The Morgan fingerprint density at radius 2 is 1.92 bits per heavy atom. The van der Waals surface area contributed by atoms with Crippen molar-refractivity contribution in [3.8, 4) is 0 Å². The van der Waals surface area contributed by atoms with E-state index in [9.17, 15) is 9.18 Å². The van der Waals surface area contributed by atoms with E-state index >= 15 is 0 Å². The Morgan fingerprint density at radius 3 is 2.56 bits per heavy atom. The fourth-order valence-corrected chi connectivity index (χ4v) is 3.67. The van der Waals surface area contributed by atoms with Crippen molar-refractivity contribution in [3.05, 3.63) is 30.1 Å². The first-order valence-corrected chi connectivity index (χ1v) is 9.30. The molecule has 5 nitrogen and oxygen atoms in total. The molecule has 3 rings (SSSR count). The summed E-state index contributed by atoms with van der Waals surface area (Å²) in [5, 5.41) is 6.57. The van der Waals surface area contributed by atoms with Crippen molar-refractivity contribution >= 4 is 11.6 Å². The maximum atomic E-state index is 13.1. The lowest BCUT2D eigenvalue weighted by Gasteiger charge is -2.39. The molecule has 2 heterocycles. The van der Waals surface area contributed by atoms with Gasteiger partial charge in [0.2, 0.25) is 5.91 Å². The molecule has 25 heavy (non-hydrogen) atoms. The van der Waals surface area contributed by atoms with Gasteiger partial charge in [0.25, 0.3) is 0 Å². The van der Waals surface area contributed by atoms with Crippen LogP contribution < -0.4 is 15.5 Å². The lowest BCUT2D eigenvalue weighted by atomic mass is 9.94. The van der Waals surface area contributed by atoms with Crippen LogP contribution in [0.15, 0.2) is 24.3 Å². The normalized spacial score (nSPS) is 26.3. The Bertz CT molecular complexity index is 571. The van der Waals surface area contributed by atoms with Crippen molar-refractivity contribution in [2.24, 2.45) is 5.92 Å². The summed E-state index contributed by atoms with van der Waals surface area (Å²) in [7, 11) is 0. The largest absolute Gasteiger partial charge is 0.369 e. The Labute approximate surface area is 149 Å². The van der Waals surface area contributed by atoms with Crippen LogP contribution in [0, 0.1) is 11.7 Å². The molecule has 3 atom stereocenters. The van der Waals surface area contributed by atoms with Crippen molar-refractivity contribution in [1.29, 1.82) is 0 Å². The average molecular weight is 348 g/mol. The van der Waals surface area contributed by atoms with E-state index in [-0.39, 0.29) is 23.8 Å². The van der Waals surface area contributed by atoms with Gasteiger partial charge in [0.15, 0.2) is 0 Å². The standard InChI is InChI=1S/C19H29FN4O/c1-14-7-8-21-13-18(14)22-19(25)15(2)23-9-11-24(12-10-23)17-5-3-16(20)4-6-17/h3-6,14-15,18,21H,7-13H2,1-2H3,(H,22,25).